The largest absolute Gasteiger partial charge is 0.456 e. The predicted molar refractivity (Wildman–Crippen MR) is 314 cm³/mol. The molecule has 338 valence electrons. The molecule has 0 atom stereocenters. The maximum Gasteiger partial charge on any atom is 0.135 e. The van der Waals surface area contributed by atoms with Crippen molar-refractivity contribution in [2.24, 2.45) is 0 Å². The fraction of sp³-hybridized carbons (Fsp3) is 0. The van der Waals surface area contributed by atoms with Gasteiger partial charge in [0, 0.05) is 21.5 Å². The first-order chi connectivity index (χ1) is 36.6. The molecule has 0 aliphatic heterocycles. The quantitative estimate of drug-likeness (QED) is 0.164. The summed E-state index contributed by atoms with van der Waals surface area (Å²) in [7, 11) is 0. The van der Waals surface area contributed by atoms with Crippen molar-refractivity contribution in [2.45, 2.75) is 0 Å². The Kier molecular flexibility index (Phi) is 7.37. The van der Waals surface area contributed by atoms with Crippen molar-refractivity contribution in [1.29, 1.82) is 0 Å². The third-order valence-corrected chi connectivity index (χ3v) is 16.9. The highest BCUT2D eigenvalue weighted by molar-refractivity contribution is 6.30. The molecule has 0 bridgehead atoms. The van der Waals surface area contributed by atoms with Crippen LogP contribution in [0.2, 0.25) is 0 Å². The molecule has 2 nitrogen and oxygen atoms in total. The standard InChI is InChI=1S/C72H38O2/c1-4-39-10-12-45-14-24-51(53-26-16-41(6-1)67(39)70(45)53)47-20-30-63-59(34-47)61-36-49(22-32-65(61)73-63)57-38-58(56-29-19-44-9-3-8-43-18-28-55(57)72(56)69(43)44)50-23-33-66-62(37-50)60-35-48(21-31-64(60)74-66)52-25-15-46-13-11-40-5-2-7-42-17-27-54(52)71(46)68(40)42/h1-38H. The van der Waals surface area contributed by atoms with E-state index in [1.54, 1.807) is 0 Å². The number of furan rings is 2. The molecule has 0 saturated carbocycles. The minimum Gasteiger partial charge on any atom is -0.456 e. The zero-order valence-corrected chi connectivity index (χ0v) is 39.8. The first-order valence-electron chi connectivity index (χ1n) is 25.6. The average Bonchev–Trinajstić information content (AvgIpc) is 4.04. The van der Waals surface area contributed by atoms with Crippen molar-refractivity contribution in [3.05, 3.63) is 231 Å². The highest BCUT2D eigenvalue weighted by atomic mass is 16.3. The van der Waals surface area contributed by atoms with Crippen LogP contribution in [0.3, 0.4) is 0 Å². The number of hydrogen-bond donors (Lipinski definition) is 0. The molecule has 74 heavy (non-hydrogen) atoms. The Labute approximate surface area is 422 Å². The van der Waals surface area contributed by atoms with Crippen molar-refractivity contribution in [3.8, 4) is 44.5 Å². The fourth-order valence-corrected chi connectivity index (χ4v) is 13.5. The molecular formula is C72H38O2. The minimum atomic E-state index is 0.882. The van der Waals surface area contributed by atoms with Crippen molar-refractivity contribution in [3.63, 3.8) is 0 Å². The summed E-state index contributed by atoms with van der Waals surface area (Å²) in [4.78, 5) is 0. The van der Waals surface area contributed by atoms with Gasteiger partial charge in [0.15, 0.2) is 0 Å². The van der Waals surface area contributed by atoms with Gasteiger partial charge in [0.2, 0.25) is 0 Å². The molecule has 0 unspecified atom stereocenters. The van der Waals surface area contributed by atoms with Gasteiger partial charge in [-0.25, -0.2) is 0 Å². The molecule has 0 fully saturated rings. The second kappa shape index (κ2) is 14.0. The van der Waals surface area contributed by atoms with Crippen molar-refractivity contribution in [1.82, 2.24) is 0 Å². The molecular weight excluding hydrogens is 897 g/mol. The highest BCUT2D eigenvalue weighted by Gasteiger charge is 2.21. The summed E-state index contributed by atoms with van der Waals surface area (Å²) in [5, 5.41) is 27.5. The number of fused-ring (bicyclic) bond motifs is 6. The van der Waals surface area contributed by atoms with Crippen LogP contribution in [0.1, 0.15) is 0 Å². The maximum absolute atomic E-state index is 6.63. The summed E-state index contributed by atoms with van der Waals surface area (Å²) in [6.07, 6.45) is 0. The van der Waals surface area contributed by atoms with E-state index in [2.05, 4.69) is 231 Å². The van der Waals surface area contributed by atoms with E-state index < -0.39 is 0 Å². The zero-order chi connectivity index (χ0) is 47.9. The van der Waals surface area contributed by atoms with Crippen LogP contribution < -0.4 is 0 Å². The molecule has 0 radical (unpaired) electrons. The van der Waals surface area contributed by atoms with Gasteiger partial charge in [-0.05, 0) is 196 Å². The van der Waals surface area contributed by atoms with Gasteiger partial charge in [0.25, 0.3) is 0 Å². The normalized spacial score (nSPS) is 12.6. The van der Waals surface area contributed by atoms with Crippen LogP contribution in [0.4, 0.5) is 0 Å². The summed E-state index contributed by atoms with van der Waals surface area (Å²) >= 11 is 0. The van der Waals surface area contributed by atoms with Crippen molar-refractivity contribution >= 4 is 141 Å². The molecule has 2 heterocycles. The Bertz CT molecular complexity index is 5070. The van der Waals surface area contributed by atoms with E-state index >= 15 is 0 Å². The van der Waals surface area contributed by atoms with Gasteiger partial charge in [-0.1, -0.05) is 176 Å². The fourth-order valence-electron chi connectivity index (χ4n) is 13.5. The van der Waals surface area contributed by atoms with Gasteiger partial charge in [0.1, 0.15) is 22.3 Å². The van der Waals surface area contributed by atoms with E-state index in [4.69, 9.17) is 8.83 Å². The molecule has 0 spiro atoms. The third-order valence-electron chi connectivity index (χ3n) is 16.9. The third kappa shape index (κ3) is 5.18. The van der Waals surface area contributed by atoms with Gasteiger partial charge in [0.05, 0.1) is 0 Å². The van der Waals surface area contributed by atoms with E-state index in [9.17, 15) is 0 Å². The summed E-state index contributed by atoms with van der Waals surface area (Å²) < 4.78 is 13.3. The van der Waals surface area contributed by atoms with Crippen LogP contribution in [0.25, 0.3) is 185 Å². The second-order valence-electron chi connectivity index (χ2n) is 20.6. The van der Waals surface area contributed by atoms with Crippen molar-refractivity contribution in [2.75, 3.05) is 0 Å². The lowest BCUT2D eigenvalue weighted by molar-refractivity contribution is 0.668. The Hall–Kier alpha value is -9.76. The van der Waals surface area contributed by atoms with Crippen LogP contribution in [0, 0.1) is 0 Å². The SMILES string of the molecule is c1cc2ccc3ccc(-c4ccc5oc6ccc(-c7cc(-c8ccc9oc%10ccc(-c%11ccc%12ccc%13cccc%14ccc%11c%12c%13%14)cc%10c9c8)c8ccc9cccc%10ccc7c8c%109)cc6c5c4)c4ccc(c1)c2c34. The van der Waals surface area contributed by atoms with Gasteiger partial charge >= 0.3 is 0 Å². The zero-order valence-electron chi connectivity index (χ0n) is 39.8. The Morgan fingerprint density at radius 1 is 0.176 bits per heavy atom. The summed E-state index contributed by atoms with van der Waals surface area (Å²) in [5.74, 6) is 0. The Morgan fingerprint density at radius 3 is 0.797 bits per heavy atom. The van der Waals surface area contributed by atoms with Gasteiger partial charge in [-0.3, -0.25) is 0 Å². The molecule has 0 N–H and O–H groups in total. The van der Waals surface area contributed by atoms with E-state index in [1.165, 1.54) is 130 Å². The number of rotatable bonds is 4. The van der Waals surface area contributed by atoms with E-state index in [0.717, 1.165) is 55.0 Å². The van der Waals surface area contributed by atoms with E-state index in [1.807, 2.05) is 0 Å². The molecule has 0 saturated heterocycles. The van der Waals surface area contributed by atoms with Crippen molar-refractivity contribution < 1.29 is 8.83 Å². The lowest BCUT2D eigenvalue weighted by Crippen LogP contribution is -1.91. The maximum atomic E-state index is 6.63. The van der Waals surface area contributed by atoms with Crippen LogP contribution in [-0.4, -0.2) is 0 Å². The van der Waals surface area contributed by atoms with Gasteiger partial charge < -0.3 is 8.83 Å². The summed E-state index contributed by atoms with van der Waals surface area (Å²) in [5.41, 5.74) is 13.0. The van der Waals surface area contributed by atoms with Crippen LogP contribution in [0.5, 0.6) is 0 Å². The van der Waals surface area contributed by atoms with Gasteiger partial charge in [-0.15, -0.1) is 0 Å². The molecule has 18 aromatic rings. The topological polar surface area (TPSA) is 26.3 Å². The lowest BCUT2D eigenvalue weighted by Gasteiger charge is -2.18. The first-order valence-corrected chi connectivity index (χ1v) is 25.6. The summed E-state index contributed by atoms with van der Waals surface area (Å²) in [6, 6.07) is 85.9. The lowest BCUT2D eigenvalue weighted by atomic mass is 9.85. The van der Waals surface area contributed by atoms with Crippen LogP contribution >= 0.6 is 0 Å². The molecule has 2 heteroatoms. The van der Waals surface area contributed by atoms with E-state index in [0.29, 0.717) is 0 Å². The molecule has 0 aliphatic rings. The Morgan fingerprint density at radius 2 is 0.446 bits per heavy atom. The smallest absolute Gasteiger partial charge is 0.135 e. The number of hydrogen-bond acceptors (Lipinski definition) is 2. The summed E-state index contributed by atoms with van der Waals surface area (Å²) in [6.45, 7) is 0. The van der Waals surface area contributed by atoms with E-state index in [-0.39, 0.29) is 0 Å². The highest BCUT2D eigenvalue weighted by Crippen LogP contribution is 2.48. The monoisotopic (exact) mass is 934 g/mol. The average molecular weight is 935 g/mol. The van der Waals surface area contributed by atoms with Gasteiger partial charge in [-0.2, -0.15) is 0 Å². The Balaban J connectivity index is 0.826. The first kappa shape index (κ1) is 38.9. The molecule has 0 aliphatic carbocycles. The minimum absolute atomic E-state index is 0.882. The van der Waals surface area contributed by atoms with Crippen LogP contribution in [0.15, 0.2) is 239 Å². The molecule has 2 aromatic heterocycles. The molecule has 18 rings (SSSR count). The van der Waals surface area contributed by atoms with Crippen LogP contribution in [-0.2, 0) is 0 Å². The second-order valence-corrected chi connectivity index (χ2v) is 20.6. The number of benzene rings is 16. The molecule has 0 amide bonds. The predicted octanol–water partition coefficient (Wildman–Crippen LogP) is 20.8. The molecule has 16 aromatic carbocycles.